The number of likely N-dealkylation sites (tertiary alicyclic amines) is 1. The summed E-state index contributed by atoms with van der Waals surface area (Å²) in [5.41, 5.74) is 0. The molecule has 20 heavy (non-hydrogen) atoms. The Kier molecular flexibility index (Phi) is 5.01. The van der Waals surface area contributed by atoms with Crippen molar-refractivity contribution in [3.63, 3.8) is 0 Å². The summed E-state index contributed by atoms with van der Waals surface area (Å²) in [6, 6.07) is 5.72. The minimum absolute atomic E-state index is 0.0435. The van der Waals surface area contributed by atoms with Gasteiger partial charge >= 0.3 is 0 Å². The summed E-state index contributed by atoms with van der Waals surface area (Å²) in [5, 5.41) is 9.34. The van der Waals surface area contributed by atoms with Gasteiger partial charge in [0.25, 0.3) is 0 Å². The summed E-state index contributed by atoms with van der Waals surface area (Å²) in [6.07, 6.45) is 2.48. The first-order valence-electron chi connectivity index (χ1n) is 6.98. The third-order valence-electron chi connectivity index (χ3n) is 3.52. The van der Waals surface area contributed by atoms with Crippen molar-refractivity contribution in [3.05, 3.63) is 24.3 Å². The van der Waals surface area contributed by atoms with Crippen LogP contribution in [0.3, 0.4) is 0 Å². The molecule has 0 aromatic heterocycles. The molecular weight excluding hydrogens is 276 g/mol. The number of phenolic OH excluding ortho intramolecular Hbond substituents is 1. The van der Waals surface area contributed by atoms with Gasteiger partial charge in [0.2, 0.25) is 10.0 Å². The van der Waals surface area contributed by atoms with Gasteiger partial charge < -0.3 is 10.0 Å². The predicted octanol–water partition coefficient (Wildman–Crippen LogP) is 1.40. The fourth-order valence-corrected chi connectivity index (χ4v) is 3.66. The Bertz CT molecular complexity index is 539. The Labute approximate surface area is 120 Å². The number of aromatic hydroxyl groups is 1. The van der Waals surface area contributed by atoms with Gasteiger partial charge in [-0.2, -0.15) is 0 Å². The molecule has 6 heteroatoms. The number of hydrogen-bond acceptors (Lipinski definition) is 4. The summed E-state index contributed by atoms with van der Waals surface area (Å²) in [6.45, 7) is 5.60. The zero-order chi connectivity index (χ0) is 14.6. The summed E-state index contributed by atoms with van der Waals surface area (Å²) >= 11 is 0. The van der Waals surface area contributed by atoms with Gasteiger partial charge in [-0.05, 0) is 50.0 Å². The van der Waals surface area contributed by atoms with E-state index in [0.717, 1.165) is 19.6 Å². The number of nitrogens with zero attached hydrogens (tertiary/aromatic N) is 1. The van der Waals surface area contributed by atoms with E-state index in [1.54, 1.807) is 0 Å². The topological polar surface area (TPSA) is 69.6 Å². The van der Waals surface area contributed by atoms with Crippen LogP contribution in [-0.2, 0) is 10.0 Å². The average molecular weight is 298 g/mol. The van der Waals surface area contributed by atoms with Gasteiger partial charge in [0, 0.05) is 13.1 Å². The number of nitrogens with one attached hydrogen (secondary N) is 1. The normalized spacial score (nSPS) is 18.2. The Morgan fingerprint density at radius 2 is 2.05 bits per heavy atom. The molecule has 5 nitrogen and oxygen atoms in total. The second kappa shape index (κ2) is 6.56. The summed E-state index contributed by atoms with van der Waals surface area (Å²) in [5.74, 6) is 0.221. The van der Waals surface area contributed by atoms with E-state index in [1.165, 1.54) is 37.1 Å². The Morgan fingerprint density at radius 1 is 1.35 bits per heavy atom. The lowest BCUT2D eigenvalue weighted by Gasteiger charge is -2.20. The molecule has 1 aromatic carbocycles. The van der Waals surface area contributed by atoms with Crippen LogP contribution >= 0.6 is 0 Å². The van der Waals surface area contributed by atoms with Crippen molar-refractivity contribution in [2.24, 2.45) is 5.92 Å². The van der Waals surface area contributed by atoms with Crippen LogP contribution in [0.2, 0.25) is 0 Å². The first-order chi connectivity index (χ1) is 9.47. The van der Waals surface area contributed by atoms with Gasteiger partial charge in [0.15, 0.2) is 0 Å². The number of rotatable bonds is 6. The number of benzene rings is 1. The monoisotopic (exact) mass is 298 g/mol. The Balaban J connectivity index is 1.88. The van der Waals surface area contributed by atoms with E-state index < -0.39 is 10.0 Å². The quantitative estimate of drug-likeness (QED) is 0.833. The van der Waals surface area contributed by atoms with Crippen molar-refractivity contribution in [1.82, 2.24) is 9.62 Å². The molecule has 2 rings (SSSR count). The fourth-order valence-electron chi connectivity index (χ4n) is 2.46. The smallest absolute Gasteiger partial charge is 0.240 e. The minimum atomic E-state index is -3.54. The molecule has 1 atom stereocenters. The van der Waals surface area contributed by atoms with Gasteiger partial charge in [-0.25, -0.2) is 13.1 Å². The van der Waals surface area contributed by atoms with E-state index in [9.17, 15) is 13.5 Å². The van der Waals surface area contributed by atoms with Crippen molar-refractivity contribution < 1.29 is 13.5 Å². The van der Waals surface area contributed by atoms with Crippen LogP contribution in [0, 0.1) is 5.92 Å². The first-order valence-corrected chi connectivity index (χ1v) is 8.47. The van der Waals surface area contributed by atoms with E-state index >= 15 is 0 Å². The first kappa shape index (κ1) is 15.3. The summed E-state index contributed by atoms with van der Waals surface area (Å²) in [4.78, 5) is 2.47. The minimum Gasteiger partial charge on any atom is -0.508 e. The Morgan fingerprint density at radius 3 is 2.70 bits per heavy atom. The van der Waals surface area contributed by atoms with Crippen LogP contribution in [0.1, 0.15) is 19.8 Å². The van der Waals surface area contributed by atoms with E-state index in [-0.39, 0.29) is 16.6 Å². The second-order valence-corrected chi connectivity index (χ2v) is 7.23. The van der Waals surface area contributed by atoms with Crippen molar-refractivity contribution in [2.75, 3.05) is 26.2 Å². The van der Waals surface area contributed by atoms with Crippen LogP contribution in [0.25, 0.3) is 0 Å². The lowest BCUT2D eigenvalue weighted by Crippen LogP contribution is -2.34. The molecule has 1 aromatic rings. The molecule has 1 fully saturated rings. The largest absolute Gasteiger partial charge is 0.508 e. The van der Waals surface area contributed by atoms with Gasteiger partial charge in [-0.1, -0.05) is 13.0 Å². The van der Waals surface area contributed by atoms with Crippen LogP contribution in [0.15, 0.2) is 29.2 Å². The summed E-state index contributed by atoms with van der Waals surface area (Å²) in [7, 11) is -3.54. The zero-order valence-electron chi connectivity index (χ0n) is 11.7. The molecular formula is C14H22N2O3S. The molecule has 1 saturated heterocycles. The number of hydrogen-bond donors (Lipinski definition) is 2. The Hall–Kier alpha value is -1.11. The number of sulfonamides is 1. The molecule has 1 heterocycles. The molecule has 0 bridgehead atoms. The van der Waals surface area contributed by atoms with Crippen molar-refractivity contribution in [3.8, 4) is 5.75 Å². The van der Waals surface area contributed by atoms with E-state index in [0.29, 0.717) is 6.54 Å². The highest BCUT2D eigenvalue weighted by Crippen LogP contribution is 2.16. The highest BCUT2D eigenvalue weighted by molar-refractivity contribution is 7.89. The third kappa shape index (κ3) is 4.19. The fraction of sp³-hybridized carbons (Fsp3) is 0.571. The van der Waals surface area contributed by atoms with Crippen LogP contribution in [0.5, 0.6) is 5.75 Å². The van der Waals surface area contributed by atoms with Crippen molar-refractivity contribution in [2.45, 2.75) is 24.7 Å². The molecule has 1 aliphatic rings. The van der Waals surface area contributed by atoms with E-state index in [4.69, 9.17) is 0 Å². The predicted molar refractivity (Wildman–Crippen MR) is 78.1 cm³/mol. The van der Waals surface area contributed by atoms with Crippen LogP contribution in [-0.4, -0.2) is 44.6 Å². The average Bonchev–Trinajstić information content (AvgIpc) is 2.89. The molecule has 0 radical (unpaired) electrons. The molecule has 0 amide bonds. The third-order valence-corrected chi connectivity index (χ3v) is 4.94. The highest BCUT2D eigenvalue weighted by Gasteiger charge is 2.18. The van der Waals surface area contributed by atoms with E-state index in [2.05, 4.69) is 9.62 Å². The molecule has 1 aliphatic heterocycles. The van der Waals surface area contributed by atoms with Gasteiger partial charge in [0.1, 0.15) is 5.75 Å². The maximum atomic E-state index is 12.1. The molecule has 0 spiro atoms. The second-order valence-electron chi connectivity index (χ2n) is 5.46. The van der Waals surface area contributed by atoms with Gasteiger partial charge in [-0.3, -0.25) is 0 Å². The van der Waals surface area contributed by atoms with Crippen LogP contribution in [0.4, 0.5) is 0 Å². The maximum Gasteiger partial charge on any atom is 0.240 e. The van der Waals surface area contributed by atoms with Crippen LogP contribution < -0.4 is 4.72 Å². The summed E-state index contributed by atoms with van der Waals surface area (Å²) < 4.78 is 26.8. The lowest BCUT2D eigenvalue weighted by molar-refractivity contribution is 0.288. The van der Waals surface area contributed by atoms with E-state index in [1.807, 2.05) is 6.92 Å². The van der Waals surface area contributed by atoms with Crippen molar-refractivity contribution in [1.29, 1.82) is 0 Å². The SMILES string of the molecule is CC(CNS(=O)(=O)c1cccc(O)c1)CN1CCCC1. The number of phenols is 1. The molecule has 1 unspecified atom stereocenters. The standard InChI is InChI=1S/C14H22N2O3S/c1-12(11-16-7-2-3-8-16)10-15-20(18,19)14-6-4-5-13(17)9-14/h4-6,9,12,15,17H,2-3,7-8,10-11H2,1H3. The van der Waals surface area contributed by atoms with Gasteiger partial charge in [-0.15, -0.1) is 0 Å². The molecule has 112 valence electrons. The van der Waals surface area contributed by atoms with Gasteiger partial charge in [0.05, 0.1) is 4.90 Å². The highest BCUT2D eigenvalue weighted by atomic mass is 32.2. The maximum absolute atomic E-state index is 12.1. The molecule has 0 saturated carbocycles. The molecule has 2 N–H and O–H groups in total. The molecule has 0 aliphatic carbocycles. The van der Waals surface area contributed by atoms with Crippen molar-refractivity contribution >= 4 is 10.0 Å². The lowest BCUT2D eigenvalue weighted by atomic mass is 10.2. The zero-order valence-corrected chi connectivity index (χ0v) is 12.6.